The van der Waals surface area contributed by atoms with Crippen LogP contribution in [0.2, 0.25) is 0 Å². The monoisotopic (exact) mass is 967 g/mol. The van der Waals surface area contributed by atoms with Crippen molar-refractivity contribution in [3.63, 3.8) is 0 Å². The van der Waals surface area contributed by atoms with Crippen molar-refractivity contribution in [1.29, 1.82) is 0 Å². The number of nitrogens with zero attached hydrogens (tertiary/aromatic N) is 4. The first-order chi connectivity index (χ1) is 28.0. The van der Waals surface area contributed by atoms with E-state index in [9.17, 15) is 0 Å². The lowest BCUT2D eigenvalue weighted by molar-refractivity contribution is -0.890. The number of ether oxygens (including phenoxy) is 2. The van der Waals surface area contributed by atoms with Gasteiger partial charge in [0.1, 0.15) is 11.5 Å². The van der Waals surface area contributed by atoms with Crippen LogP contribution in [0.3, 0.4) is 0 Å². The lowest BCUT2D eigenvalue weighted by Gasteiger charge is -2.30. The third-order valence-electron chi connectivity index (χ3n) is 12.1. The molecule has 0 bridgehead atoms. The number of hydrogen-bond donors (Lipinski definition) is 0. The normalized spacial score (nSPS) is 11.8. The molecule has 0 radical (unpaired) electrons. The Hall–Kier alpha value is -1.16. The molecule has 0 amide bonds. The SMILES string of the molecule is CN(C)CCCCCC[N+](C)(C)CCCCCCCCCCOc1ccc(-c2ccc(OCCCCCCCCCC[N+](C)(C)CCCCCCN(C)C)cc2)cc1.[Br-].[Br-]. The summed E-state index contributed by atoms with van der Waals surface area (Å²) in [6.45, 7) is 9.39. The van der Waals surface area contributed by atoms with E-state index in [2.05, 4.69) is 115 Å². The molecular weight excluding hydrogens is 872 g/mol. The molecule has 0 saturated carbocycles. The van der Waals surface area contributed by atoms with Crippen molar-refractivity contribution < 1.29 is 52.4 Å². The van der Waals surface area contributed by atoms with Crippen LogP contribution in [-0.4, -0.2) is 128 Å². The maximum atomic E-state index is 6.07. The maximum Gasteiger partial charge on any atom is 0.119 e. The Morgan fingerprint density at radius 2 is 0.567 bits per heavy atom. The van der Waals surface area contributed by atoms with Gasteiger partial charge in [-0.15, -0.1) is 0 Å². The van der Waals surface area contributed by atoms with E-state index in [1.54, 1.807) is 0 Å². The molecule has 0 aromatic heterocycles. The fourth-order valence-electron chi connectivity index (χ4n) is 8.14. The zero-order valence-corrected chi connectivity index (χ0v) is 43.8. The summed E-state index contributed by atoms with van der Waals surface area (Å²) in [7, 11) is 18.4. The number of halogens is 2. The molecule has 6 nitrogen and oxygen atoms in total. The molecule has 0 aliphatic heterocycles. The van der Waals surface area contributed by atoms with Crippen LogP contribution >= 0.6 is 0 Å². The molecule has 0 aliphatic rings. The van der Waals surface area contributed by atoms with E-state index in [0.717, 1.165) is 37.6 Å². The van der Waals surface area contributed by atoms with Gasteiger partial charge in [0, 0.05) is 0 Å². The minimum absolute atomic E-state index is 0. The second-order valence-corrected chi connectivity index (χ2v) is 19.6. The van der Waals surface area contributed by atoms with Crippen molar-refractivity contribution in [2.45, 2.75) is 154 Å². The number of rotatable bonds is 39. The van der Waals surface area contributed by atoms with Gasteiger partial charge in [0.05, 0.1) is 67.6 Å². The lowest BCUT2D eigenvalue weighted by atomic mass is 10.1. The van der Waals surface area contributed by atoms with Crippen LogP contribution in [0.1, 0.15) is 154 Å². The van der Waals surface area contributed by atoms with Crippen LogP contribution in [0.4, 0.5) is 0 Å². The molecular formula is C52H96Br2N4O2. The average molecular weight is 969 g/mol. The van der Waals surface area contributed by atoms with Crippen molar-refractivity contribution in [2.75, 3.05) is 109 Å². The van der Waals surface area contributed by atoms with Gasteiger partial charge < -0.3 is 62.2 Å². The zero-order chi connectivity index (χ0) is 42.2. The molecule has 0 spiro atoms. The van der Waals surface area contributed by atoms with E-state index in [1.807, 2.05) is 0 Å². The summed E-state index contributed by atoms with van der Waals surface area (Å²) in [5, 5.41) is 0. The van der Waals surface area contributed by atoms with Crippen LogP contribution in [0.25, 0.3) is 11.1 Å². The van der Waals surface area contributed by atoms with Gasteiger partial charge >= 0.3 is 0 Å². The van der Waals surface area contributed by atoms with Gasteiger partial charge in [0.25, 0.3) is 0 Å². The second kappa shape index (κ2) is 37.2. The molecule has 2 aromatic rings. The number of benzene rings is 2. The third kappa shape index (κ3) is 33.4. The molecule has 2 aromatic carbocycles. The Morgan fingerprint density at radius 3 is 0.833 bits per heavy atom. The molecule has 0 fully saturated rings. The molecule has 0 N–H and O–H groups in total. The molecule has 0 atom stereocenters. The first-order valence-electron chi connectivity index (χ1n) is 24.4. The molecule has 0 aliphatic carbocycles. The van der Waals surface area contributed by atoms with Gasteiger partial charge in [-0.25, -0.2) is 0 Å². The van der Waals surface area contributed by atoms with E-state index in [-0.39, 0.29) is 34.0 Å². The van der Waals surface area contributed by atoms with E-state index in [0.29, 0.717) is 0 Å². The predicted molar refractivity (Wildman–Crippen MR) is 254 cm³/mol. The Bertz CT molecular complexity index is 1130. The summed E-state index contributed by atoms with van der Waals surface area (Å²) >= 11 is 0. The quantitative estimate of drug-likeness (QED) is 0.0547. The number of quaternary nitrogens is 2. The largest absolute Gasteiger partial charge is 1.00 e. The Balaban J connectivity index is 0.0000174. The first-order valence-corrected chi connectivity index (χ1v) is 24.4. The smallest absolute Gasteiger partial charge is 0.119 e. The minimum atomic E-state index is 0. The van der Waals surface area contributed by atoms with Crippen molar-refractivity contribution in [3.05, 3.63) is 48.5 Å². The van der Waals surface area contributed by atoms with Crippen molar-refractivity contribution in [1.82, 2.24) is 9.80 Å². The molecule has 8 heteroatoms. The third-order valence-corrected chi connectivity index (χ3v) is 12.1. The van der Waals surface area contributed by atoms with E-state index in [4.69, 9.17) is 9.47 Å². The summed E-state index contributed by atoms with van der Waals surface area (Å²) in [5.74, 6) is 1.95. The van der Waals surface area contributed by atoms with Crippen molar-refractivity contribution >= 4 is 0 Å². The van der Waals surface area contributed by atoms with Crippen LogP contribution in [0, 0.1) is 0 Å². The van der Waals surface area contributed by atoms with Crippen LogP contribution in [0.15, 0.2) is 48.5 Å². The average Bonchev–Trinajstić information content (AvgIpc) is 3.19. The summed E-state index contributed by atoms with van der Waals surface area (Å²) in [6, 6.07) is 17.2. The van der Waals surface area contributed by atoms with Gasteiger partial charge in [0.2, 0.25) is 0 Å². The highest BCUT2D eigenvalue weighted by Crippen LogP contribution is 2.25. The standard InChI is InChI=1S/C52H96N4O2.2BrH/c1-53(2)41-25-17-21-29-45-55(5,6)43-27-19-13-9-11-15-23-31-47-57-51-37-33-49(34-38-51)50-35-39-52(40-36-50)58-48-32-24-16-12-10-14-20-28-44-56(7,8)46-30-22-18-26-42-54(3)4;;/h33-40H,9-32,41-48H2,1-8H3;2*1H/q+2;;/p-2. The highest BCUT2D eigenvalue weighted by Gasteiger charge is 2.15. The van der Waals surface area contributed by atoms with E-state index < -0.39 is 0 Å². The van der Waals surface area contributed by atoms with Crippen LogP contribution in [0.5, 0.6) is 11.5 Å². The van der Waals surface area contributed by atoms with Crippen LogP contribution in [-0.2, 0) is 0 Å². The van der Waals surface area contributed by atoms with Gasteiger partial charge in [0.15, 0.2) is 0 Å². The highest BCUT2D eigenvalue weighted by molar-refractivity contribution is 5.64. The second-order valence-electron chi connectivity index (χ2n) is 19.6. The van der Waals surface area contributed by atoms with Gasteiger partial charge in [-0.1, -0.05) is 101 Å². The first kappa shape index (κ1) is 58.8. The topological polar surface area (TPSA) is 24.9 Å². The van der Waals surface area contributed by atoms with Gasteiger partial charge in [-0.05, 0) is 154 Å². The molecule has 0 heterocycles. The summed E-state index contributed by atoms with van der Waals surface area (Å²) in [6.07, 6.45) is 32.2. The van der Waals surface area contributed by atoms with Crippen molar-refractivity contribution in [3.8, 4) is 22.6 Å². The summed E-state index contributed by atoms with van der Waals surface area (Å²) in [4.78, 5) is 4.60. The Labute approximate surface area is 394 Å². The maximum absolute atomic E-state index is 6.07. The minimum Gasteiger partial charge on any atom is -1.00 e. The highest BCUT2D eigenvalue weighted by atomic mass is 79.9. The number of hydrogen-bond acceptors (Lipinski definition) is 4. The molecule has 60 heavy (non-hydrogen) atoms. The predicted octanol–water partition coefficient (Wildman–Crippen LogP) is 6.76. The molecule has 0 saturated heterocycles. The number of unbranched alkanes of at least 4 members (excludes halogenated alkanes) is 20. The fourth-order valence-corrected chi connectivity index (χ4v) is 8.14. The summed E-state index contributed by atoms with van der Waals surface area (Å²) in [5.41, 5.74) is 2.44. The van der Waals surface area contributed by atoms with Gasteiger partial charge in [-0.2, -0.15) is 0 Å². The van der Waals surface area contributed by atoms with Crippen LogP contribution < -0.4 is 43.4 Å². The molecule has 0 unspecified atom stereocenters. The zero-order valence-electron chi connectivity index (χ0n) is 40.6. The Kier molecular flexibility index (Phi) is 36.5. The molecule has 2 rings (SSSR count). The lowest BCUT2D eigenvalue weighted by Crippen LogP contribution is -3.00. The van der Waals surface area contributed by atoms with Gasteiger partial charge in [-0.3, -0.25) is 0 Å². The molecule has 350 valence electrons. The van der Waals surface area contributed by atoms with E-state index in [1.165, 1.54) is 201 Å². The van der Waals surface area contributed by atoms with Crippen molar-refractivity contribution in [2.24, 2.45) is 0 Å². The van der Waals surface area contributed by atoms with E-state index >= 15 is 0 Å². The summed E-state index contributed by atoms with van der Waals surface area (Å²) < 4.78 is 14.5. The fraction of sp³-hybridized carbons (Fsp3) is 0.769. The Morgan fingerprint density at radius 1 is 0.333 bits per heavy atom.